The molecule has 8 nitrogen and oxygen atoms in total. The quantitative estimate of drug-likeness (QED) is 0.0970. The van der Waals surface area contributed by atoms with E-state index < -0.39 is 24.0 Å². The average Bonchev–Trinajstić information content (AvgIpc) is 3.09. The Morgan fingerprint density at radius 2 is 0.979 bits per heavy atom. The molecule has 0 fully saturated rings. The molecule has 2 atom stereocenters. The minimum absolute atomic E-state index is 0.136. The summed E-state index contributed by atoms with van der Waals surface area (Å²) in [6, 6.07) is 26.2. The summed E-state index contributed by atoms with van der Waals surface area (Å²) in [6.07, 6.45) is 2.50. The van der Waals surface area contributed by atoms with Gasteiger partial charge in [-0.05, 0) is 83.3 Å². The summed E-state index contributed by atoms with van der Waals surface area (Å²) in [5.41, 5.74) is 1.76. The normalized spacial score (nSPS) is 11.6. The van der Waals surface area contributed by atoms with Crippen LogP contribution in [0.1, 0.15) is 63.5 Å². The first-order valence-corrected chi connectivity index (χ1v) is 16.1. The molecule has 2 unspecified atom stereocenters. The second kappa shape index (κ2) is 18.5. The maximum atomic E-state index is 12.3. The molecule has 0 bridgehead atoms. The maximum absolute atomic E-state index is 12.3. The van der Waals surface area contributed by atoms with Crippen LogP contribution in [0.2, 0.25) is 0 Å². The lowest BCUT2D eigenvalue weighted by Crippen LogP contribution is -2.39. The predicted octanol–water partition coefficient (Wildman–Crippen LogP) is 6.14. The van der Waals surface area contributed by atoms with Gasteiger partial charge in [0.15, 0.2) is 0 Å². The number of unbranched alkanes of at least 4 members (excludes halogenated alkanes) is 2. The fourth-order valence-electron chi connectivity index (χ4n) is 4.85. The van der Waals surface area contributed by atoms with Crippen LogP contribution in [0.3, 0.4) is 0 Å². The average molecular weight is 645 g/mol. The van der Waals surface area contributed by atoms with Crippen molar-refractivity contribution in [1.82, 2.24) is 10.6 Å². The summed E-state index contributed by atoms with van der Waals surface area (Å²) < 4.78 is 10.8. The van der Waals surface area contributed by atoms with Crippen molar-refractivity contribution in [1.29, 1.82) is 0 Å². The van der Waals surface area contributed by atoms with Crippen LogP contribution in [-0.4, -0.2) is 35.8 Å². The molecule has 4 aromatic carbocycles. The molecule has 246 valence electrons. The number of nitrogens with one attached hydrogen (secondary N) is 2. The van der Waals surface area contributed by atoms with E-state index in [1.54, 1.807) is 13.8 Å². The van der Waals surface area contributed by atoms with Crippen molar-refractivity contribution in [2.24, 2.45) is 0 Å². The van der Waals surface area contributed by atoms with E-state index in [0.717, 1.165) is 32.7 Å². The molecule has 2 N–H and O–H groups in total. The monoisotopic (exact) mass is 644 g/mol. The molecule has 4 aromatic rings. The first kappa shape index (κ1) is 35.3. The molecule has 0 aliphatic rings. The van der Waals surface area contributed by atoms with Gasteiger partial charge in [-0.15, -0.1) is 0 Å². The summed E-state index contributed by atoms with van der Waals surface area (Å²) in [5, 5.41) is 9.71. The van der Waals surface area contributed by atoms with Gasteiger partial charge in [0.2, 0.25) is 11.8 Å². The van der Waals surface area contributed by atoms with E-state index in [1.165, 1.54) is 0 Å². The zero-order chi connectivity index (χ0) is 34.1. The third-order valence-corrected chi connectivity index (χ3v) is 7.50. The van der Waals surface area contributed by atoms with Crippen molar-refractivity contribution in [3.63, 3.8) is 0 Å². The second-order valence-electron chi connectivity index (χ2n) is 11.5. The Morgan fingerprint density at radius 1 is 0.583 bits per heavy atom. The van der Waals surface area contributed by atoms with Gasteiger partial charge in [0.25, 0.3) is 0 Å². The van der Waals surface area contributed by atoms with Crippen molar-refractivity contribution in [3.8, 4) is 23.7 Å². The van der Waals surface area contributed by atoms with Gasteiger partial charge in [-0.25, -0.2) is 9.59 Å². The number of fused-ring (bicyclic) bond motifs is 2. The fourth-order valence-corrected chi connectivity index (χ4v) is 4.85. The van der Waals surface area contributed by atoms with Gasteiger partial charge in [-0.1, -0.05) is 84.6 Å². The van der Waals surface area contributed by atoms with Gasteiger partial charge in [0.05, 0.1) is 0 Å². The molecule has 4 rings (SSSR count). The van der Waals surface area contributed by atoms with Crippen molar-refractivity contribution < 1.29 is 28.7 Å². The zero-order valence-corrected chi connectivity index (χ0v) is 27.3. The molecule has 0 spiro atoms. The largest absolute Gasteiger partial charge is 0.459 e. The lowest BCUT2D eigenvalue weighted by atomic mass is 10.1. The summed E-state index contributed by atoms with van der Waals surface area (Å²) in [5.74, 6) is 9.86. The molecule has 0 saturated carbocycles. The Morgan fingerprint density at radius 3 is 1.40 bits per heavy atom. The highest BCUT2D eigenvalue weighted by atomic mass is 16.5. The van der Waals surface area contributed by atoms with Crippen molar-refractivity contribution in [2.75, 3.05) is 0 Å². The lowest BCUT2D eigenvalue weighted by molar-refractivity contribution is -0.149. The molecular formula is C40H40N2O6. The van der Waals surface area contributed by atoms with Gasteiger partial charge in [-0.3, -0.25) is 9.59 Å². The Kier molecular flexibility index (Phi) is 13.6. The Bertz CT molecular complexity index is 1740. The molecule has 0 radical (unpaired) electrons. The van der Waals surface area contributed by atoms with Gasteiger partial charge >= 0.3 is 11.9 Å². The van der Waals surface area contributed by atoms with E-state index in [1.807, 2.05) is 84.9 Å². The number of benzene rings is 4. The highest BCUT2D eigenvalue weighted by molar-refractivity contribution is 5.86. The summed E-state index contributed by atoms with van der Waals surface area (Å²) in [6.45, 7) is 3.47. The van der Waals surface area contributed by atoms with E-state index >= 15 is 0 Å². The number of amides is 2. The molecule has 0 aliphatic heterocycles. The van der Waals surface area contributed by atoms with Gasteiger partial charge in [-0.2, -0.15) is 0 Å². The van der Waals surface area contributed by atoms with Gasteiger partial charge in [0, 0.05) is 25.7 Å². The number of hydrogen-bond donors (Lipinski definition) is 2. The fraction of sp³-hybridized carbons (Fsp3) is 0.300. The number of esters is 2. The first-order valence-electron chi connectivity index (χ1n) is 16.1. The third-order valence-electron chi connectivity index (χ3n) is 7.50. The Labute approximate surface area is 281 Å². The SMILES string of the molecule is CC(NC(=O)CCCC#CC#CCCCC(=O)NC(C)C(=O)OCc1ccc2ccccc2c1)C(=O)OCc1ccc2ccccc2c1. The first-order chi connectivity index (χ1) is 23.3. The lowest BCUT2D eigenvalue weighted by Gasteiger charge is -2.13. The van der Waals surface area contributed by atoms with Crippen LogP contribution < -0.4 is 10.6 Å². The van der Waals surface area contributed by atoms with E-state index in [-0.39, 0.29) is 37.9 Å². The molecule has 0 heterocycles. The molecule has 0 saturated heterocycles. The number of rotatable bonds is 14. The van der Waals surface area contributed by atoms with Gasteiger partial charge in [0.1, 0.15) is 25.3 Å². The predicted molar refractivity (Wildman–Crippen MR) is 186 cm³/mol. The standard InChI is InChI=1S/C40H40N2O6/c1-29(39(45)47-27-31-21-23-33-15-11-13-17-35(33)25-31)41-37(43)19-9-7-5-3-4-6-8-10-20-38(44)42-30(2)40(46)48-28-32-22-24-34-16-12-14-18-36(34)26-32/h11-18,21-26,29-30H,7-10,19-20,27-28H2,1-2H3,(H,41,43)(H,42,44). The van der Waals surface area contributed by atoms with Crippen LogP contribution in [0.4, 0.5) is 0 Å². The number of carbonyl (C=O) groups excluding carboxylic acids is 4. The highest BCUT2D eigenvalue weighted by Crippen LogP contribution is 2.17. The molecule has 48 heavy (non-hydrogen) atoms. The number of ether oxygens (including phenoxy) is 2. The van der Waals surface area contributed by atoms with E-state index in [2.05, 4.69) is 34.3 Å². The molecule has 0 aliphatic carbocycles. The maximum Gasteiger partial charge on any atom is 0.328 e. The second-order valence-corrected chi connectivity index (χ2v) is 11.5. The molecule has 2 amide bonds. The van der Waals surface area contributed by atoms with Crippen molar-refractivity contribution in [2.45, 2.75) is 77.7 Å². The number of hydrogen-bond acceptors (Lipinski definition) is 6. The van der Waals surface area contributed by atoms with E-state index in [0.29, 0.717) is 25.7 Å². The van der Waals surface area contributed by atoms with Gasteiger partial charge < -0.3 is 20.1 Å². The van der Waals surface area contributed by atoms with E-state index in [4.69, 9.17) is 9.47 Å². The summed E-state index contributed by atoms with van der Waals surface area (Å²) >= 11 is 0. The molecular weight excluding hydrogens is 604 g/mol. The Balaban J connectivity index is 1.02. The van der Waals surface area contributed by atoms with Crippen LogP contribution in [0.15, 0.2) is 84.9 Å². The van der Waals surface area contributed by atoms with Crippen LogP contribution >= 0.6 is 0 Å². The van der Waals surface area contributed by atoms with Crippen LogP contribution in [0, 0.1) is 23.7 Å². The summed E-state index contributed by atoms with van der Waals surface area (Å²) in [4.78, 5) is 49.1. The minimum Gasteiger partial charge on any atom is -0.459 e. The minimum atomic E-state index is -0.755. The zero-order valence-electron chi connectivity index (χ0n) is 27.3. The highest BCUT2D eigenvalue weighted by Gasteiger charge is 2.18. The Hall–Kier alpha value is -5.60. The molecule has 8 heteroatoms. The van der Waals surface area contributed by atoms with Crippen molar-refractivity contribution in [3.05, 3.63) is 96.1 Å². The topological polar surface area (TPSA) is 111 Å². The van der Waals surface area contributed by atoms with E-state index in [9.17, 15) is 19.2 Å². The smallest absolute Gasteiger partial charge is 0.328 e. The molecule has 0 aromatic heterocycles. The number of carbonyl (C=O) groups is 4. The van der Waals surface area contributed by atoms with Crippen LogP contribution in [0.25, 0.3) is 21.5 Å². The summed E-state index contributed by atoms with van der Waals surface area (Å²) in [7, 11) is 0. The van der Waals surface area contributed by atoms with Crippen LogP contribution in [-0.2, 0) is 41.9 Å². The van der Waals surface area contributed by atoms with Crippen LogP contribution in [0.5, 0.6) is 0 Å². The van der Waals surface area contributed by atoms with Crippen molar-refractivity contribution >= 4 is 45.3 Å². The third kappa shape index (κ3) is 11.6.